The Morgan fingerprint density at radius 3 is 2.45 bits per heavy atom. The fraction of sp³-hybridized carbons (Fsp3) is 0.370. The number of benzene rings is 2. The van der Waals surface area contributed by atoms with E-state index in [9.17, 15) is 9.90 Å². The third-order valence-electron chi connectivity index (χ3n) is 6.14. The van der Waals surface area contributed by atoms with Gasteiger partial charge < -0.3 is 14.6 Å². The number of hydrogen-bond donors (Lipinski definition) is 1. The molecule has 0 bridgehead atoms. The number of carbonyl (C=O) groups excluding carboxylic acids is 1. The summed E-state index contributed by atoms with van der Waals surface area (Å²) in [6.07, 6.45) is 10.2. The van der Waals surface area contributed by atoms with Crippen molar-refractivity contribution in [3.05, 3.63) is 77.5 Å². The third kappa shape index (κ3) is 5.52. The number of fused-ring (bicyclic) bond motifs is 1. The van der Waals surface area contributed by atoms with Gasteiger partial charge in [-0.1, -0.05) is 60.9 Å². The van der Waals surface area contributed by atoms with Crippen LogP contribution in [0, 0.1) is 6.92 Å². The molecule has 1 fully saturated rings. The number of ketones is 1. The fourth-order valence-electron chi connectivity index (χ4n) is 4.44. The smallest absolute Gasteiger partial charge is 0.185 e. The van der Waals surface area contributed by atoms with Gasteiger partial charge in [0.2, 0.25) is 0 Å². The number of nitrogens with zero attached hydrogens (tertiary/aromatic N) is 2. The normalized spacial score (nSPS) is 16.6. The number of aromatic nitrogens is 1. The SMILES string of the molecule is Cc1ccc(C(=O)C=Cc2cn(CC(O)CN3CCCCCC3)c3ccccc23)cc1. The number of rotatable bonds is 7. The van der Waals surface area contributed by atoms with Crippen molar-refractivity contribution in [3.63, 3.8) is 0 Å². The lowest BCUT2D eigenvalue weighted by Gasteiger charge is -2.23. The van der Waals surface area contributed by atoms with E-state index >= 15 is 0 Å². The monoisotopic (exact) mass is 416 g/mol. The summed E-state index contributed by atoms with van der Waals surface area (Å²) in [6, 6.07) is 15.8. The van der Waals surface area contributed by atoms with Crippen LogP contribution in [0.1, 0.15) is 47.2 Å². The molecule has 4 heteroatoms. The third-order valence-corrected chi connectivity index (χ3v) is 6.14. The van der Waals surface area contributed by atoms with Gasteiger partial charge in [0.1, 0.15) is 0 Å². The van der Waals surface area contributed by atoms with Gasteiger partial charge in [0.05, 0.1) is 6.10 Å². The van der Waals surface area contributed by atoms with E-state index in [1.807, 2.05) is 49.4 Å². The first kappa shape index (κ1) is 21.5. The minimum absolute atomic E-state index is 0.00182. The van der Waals surface area contributed by atoms with Crippen molar-refractivity contribution in [1.82, 2.24) is 9.47 Å². The molecule has 1 aromatic heterocycles. The molecule has 0 radical (unpaired) electrons. The fourth-order valence-corrected chi connectivity index (χ4v) is 4.44. The van der Waals surface area contributed by atoms with Gasteiger partial charge in [-0.3, -0.25) is 4.79 Å². The van der Waals surface area contributed by atoms with Gasteiger partial charge in [-0.15, -0.1) is 0 Å². The molecule has 162 valence electrons. The number of hydrogen-bond acceptors (Lipinski definition) is 3. The highest BCUT2D eigenvalue weighted by atomic mass is 16.3. The Bertz CT molecular complexity index is 1040. The number of allylic oxidation sites excluding steroid dienone is 1. The number of aliphatic hydroxyl groups excluding tert-OH is 1. The maximum atomic E-state index is 12.6. The van der Waals surface area contributed by atoms with Crippen molar-refractivity contribution in [2.75, 3.05) is 19.6 Å². The van der Waals surface area contributed by atoms with Crippen LogP contribution in [-0.4, -0.2) is 46.1 Å². The summed E-state index contributed by atoms with van der Waals surface area (Å²) in [4.78, 5) is 15.0. The first-order valence-corrected chi connectivity index (χ1v) is 11.4. The zero-order valence-corrected chi connectivity index (χ0v) is 18.3. The molecule has 31 heavy (non-hydrogen) atoms. The topological polar surface area (TPSA) is 45.5 Å². The second kappa shape index (κ2) is 10.1. The number of likely N-dealkylation sites (tertiary alicyclic amines) is 1. The average molecular weight is 417 g/mol. The second-order valence-electron chi connectivity index (χ2n) is 8.69. The van der Waals surface area contributed by atoms with E-state index in [4.69, 9.17) is 0 Å². The maximum absolute atomic E-state index is 12.6. The van der Waals surface area contributed by atoms with Crippen LogP contribution in [-0.2, 0) is 6.54 Å². The van der Waals surface area contributed by atoms with Crippen molar-refractivity contribution in [2.45, 2.75) is 45.3 Å². The van der Waals surface area contributed by atoms with Crippen LogP contribution in [0.4, 0.5) is 0 Å². The van der Waals surface area contributed by atoms with Crippen LogP contribution in [0.25, 0.3) is 17.0 Å². The van der Waals surface area contributed by atoms with Gasteiger partial charge in [-0.25, -0.2) is 0 Å². The quantitative estimate of drug-likeness (QED) is 0.431. The van der Waals surface area contributed by atoms with E-state index in [0.717, 1.165) is 35.1 Å². The Labute approximate surface area is 184 Å². The highest BCUT2D eigenvalue weighted by molar-refractivity contribution is 6.07. The number of aliphatic hydroxyl groups is 1. The Morgan fingerprint density at radius 2 is 1.71 bits per heavy atom. The Morgan fingerprint density at radius 1 is 1.00 bits per heavy atom. The maximum Gasteiger partial charge on any atom is 0.185 e. The van der Waals surface area contributed by atoms with E-state index in [-0.39, 0.29) is 5.78 Å². The Kier molecular flexibility index (Phi) is 7.00. The molecular formula is C27H32N2O2. The minimum atomic E-state index is -0.417. The summed E-state index contributed by atoms with van der Waals surface area (Å²) in [7, 11) is 0. The lowest BCUT2D eigenvalue weighted by atomic mass is 10.1. The molecule has 2 heterocycles. The predicted molar refractivity (Wildman–Crippen MR) is 127 cm³/mol. The number of para-hydroxylation sites is 1. The van der Waals surface area contributed by atoms with Gasteiger partial charge in [0.25, 0.3) is 0 Å². The van der Waals surface area contributed by atoms with E-state index in [1.54, 1.807) is 6.08 Å². The summed E-state index contributed by atoms with van der Waals surface area (Å²) in [5.41, 5.74) is 3.92. The van der Waals surface area contributed by atoms with Crippen LogP contribution < -0.4 is 0 Å². The first-order valence-electron chi connectivity index (χ1n) is 11.4. The van der Waals surface area contributed by atoms with E-state index in [1.165, 1.54) is 25.7 Å². The van der Waals surface area contributed by atoms with Gasteiger partial charge in [-0.2, -0.15) is 0 Å². The number of carbonyl (C=O) groups is 1. The molecule has 0 spiro atoms. The zero-order chi connectivity index (χ0) is 21.6. The van der Waals surface area contributed by atoms with Gasteiger partial charge in [0.15, 0.2) is 5.78 Å². The van der Waals surface area contributed by atoms with Crippen LogP contribution in [0.5, 0.6) is 0 Å². The molecule has 4 nitrogen and oxygen atoms in total. The van der Waals surface area contributed by atoms with Gasteiger partial charge in [-0.05, 0) is 51.1 Å². The van der Waals surface area contributed by atoms with Crippen LogP contribution >= 0.6 is 0 Å². The van der Waals surface area contributed by atoms with Crippen LogP contribution in [0.2, 0.25) is 0 Å². The van der Waals surface area contributed by atoms with E-state index < -0.39 is 6.10 Å². The molecule has 4 rings (SSSR count). The summed E-state index contributed by atoms with van der Waals surface area (Å²) >= 11 is 0. The van der Waals surface area contributed by atoms with Crippen molar-refractivity contribution in [1.29, 1.82) is 0 Å². The summed E-state index contributed by atoms with van der Waals surface area (Å²) in [5, 5.41) is 11.9. The van der Waals surface area contributed by atoms with Crippen molar-refractivity contribution >= 4 is 22.8 Å². The molecule has 1 aliphatic rings. The molecule has 0 aliphatic carbocycles. The summed E-state index contributed by atoms with van der Waals surface area (Å²) in [5.74, 6) is -0.00182. The lowest BCUT2D eigenvalue weighted by Crippen LogP contribution is -2.35. The molecule has 1 saturated heterocycles. The van der Waals surface area contributed by atoms with E-state index in [0.29, 0.717) is 18.7 Å². The molecule has 1 N–H and O–H groups in total. The number of β-amino-alcohol motifs (C(OH)–C–C–N with tert-alkyl or cyclic N) is 1. The van der Waals surface area contributed by atoms with Crippen LogP contribution in [0.3, 0.4) is 0 Å². The zero-order valence-electron chi connectivity index (χ0n) is 18.3. The Balaban J connectivity index is 1.50. The lowest BCUT2D eigenvalue weighted by molar-refractivity contribution is 0.101. The first-order chi connectivity index (χ1) is 15.1. The van der Waals surface area contributed by atoms with Crippen molar-refractivity contribution in [2.24, 2.45) is 0 Å². The highest BCUT2D eigenvalue weighted by Crippen LogP contribution is 2.23. The molecule has 1 aliphatic heterocycles. The summed E-state index contributed by atoms with van der Waals surface area (Å²) < 4.78 is 2.12. The van der Waals surface area contributed by atoms with Crippen molar-refractivity contribution < 1.29 is 9.90 Å². The van der Waals surface area contributed by atoms with Crippen LogP contribution in [0.15, 0.2) is 60.8 Å². The predicted octanol–water partition coefficient (Wildman–Crippen LogP) is 5.08. The second-order valence-corrected chi connectivity index (χ2v) is 8.69. The molecule has 1 atom stereocenters. The molecule has 0 saturated carbocycles. The highest BCUT2D eigenvalue weighted by Gasteiger charge is 2.16. The van der Waals surface area contributed by atoms with Gasteiger partial charge in [0, 0.05) is 41.3 Å². The molecule has 3 aromatic rings. The molecule has 2 aromatic carbocycles. The largest absolute Gasteiger partial charge is 0.390 e. The van der Waals surface area contributed by atoms with Crippen molar-refractivity contribution in [3.8, 4) is 0 Å². The minimum Gasteiger partial charge on any atom is -0.390 e. The Hall–Kier alpha value is -2.69. The van der Waals surface area contributed by atoms with Gasteiger partial charge >= 0.3 is 0 Å². The average Bonchev–Trinajstić information content (AvgIpc) is 2.93. The molecule has 1 unspecified atom stereocenters. The molecular weight excluding hydrogens is 384 g/mol. The summed E-state index contributed by atoms with van der Waals surface area (Å²) in [6.45, 7) is 5.44. The standard InChI is InChI=1S/C27H32N2O2/c1-21-10-12-22(13-11-21)27(31)15-14-23-18-29(26-9-5-4-8-25(23)26)20-24(30)19-28-16-6-2-3-7-17-28/h4-5,8-15,18,24,30H,2-3,6-7,16-17,19-20H2,1H3. The van der Waals surface area contributed by atoms with E-state index in [2.05, 4.69) is 27.8 Å². The number of aryl methyl sites for hydroxylation is 1. The molecule has 0 amide bonds.